The fraction of sp³-hybridized carbons (Fsp3) is 0.357. The van der Waals surface area contributed by atoms with Crippen molar-refractivity contribution in [3.8, 4) is 5.69 Å². The van der Waals surface area contributed by atoms with Crippen molar-refractivity contribution in [2.45, 2.75) is 57.1 Å². The van der Waals surface area contributed by atoms with Crippen LogP contribution in [-0.2, 0) is 9.59 Å². The number of carbonyl (C=O) groups is 2. The zero-order chi connectivity index (χ0) is 23.9. The predicted octanol–water partition coefficient (Wildman–Crippen LogP) is 5.25. The first-order valence-electron chi connectivity index (χ1n) is 12.1. The van der Waals surface area contributed by atoms with Crippen LogP contribution in [0, 0.1) is 0 Å². The number of aromatic nitrogens is 1. The molecule has 6 nitrogen and oxygen atoms in total. The van der Waals surface area contributed by atoms with Crippen molar-refractivity contribution in [2.24, 2.45) is 0 Å². The lowest BCUT2D eigenvalue weighted by atomic mass is 10.1. The Hall–Kier alpha value is -3.38. The third kappa shape index (κ3) is 5.75. The van der Waals surface area contributed by atoms with Crippen molar-refractivity contribution in [3.63, 3.8) is 0 Å². The maximum atomic E-state index is 12.3. The molecular formula is C28H32N2O4. The van der Waals surface area contributed by atoms with E-state index in [4.69, 9.17) is 5.11 Å². The Morgan fingerprint density at radius 1 is 1.06 bits per heavy atom. The number of hydrogen-bond acceptors (Lipinski definition) is 3. The van der Waals surface area contributed by atoms with Gasteiger partial charge in [-0.15, -0.1) is 0 Å². The van der Waals surface area contributed by atoms with Crippen molar-refractivity contribution in [2.75, 3.05) is 6.54 Å². The quantitative estimate of drug-likeness (QED) is 0.303. The zero-order valence-corrected chi connectivity index (χ0v) is 19.3. The molecule has 2 atom stereocenters. The SMILES string of the molecule is O=C(O)CCCCCCN1C(=O)CC[C@@H]1/C=C/C(O)c1cccc(-n2ccc3ccccc32)c1. The summed E-state index contributed by atoms with van der Waals surface area (Å²) in [6.45, 7) is 0.674. The van der Waals surface area contributed by atoms with Crippen LogP contribution in [0.25, 0.3) is 16.6 Å². The second-order valence-corrected chi connectivity index (χ2v) is 8.92. The number of benzene rings is 2. The van der Waals surface area contributed by atoms with Crippen LogP contribution in [-0.4, -0.2) is 44.1 Å². The molecule has 2 aromatic carbocycles. The number of amides is 1. The van der Waals surface area contributed by atoms with Crippen molar-refractivity contribution in [1.82, 2.24) is 9.47 Å². The van der Waals surface area contributed by atoms with Gasteiger partial charge in [-0.3, -0.25) is 9.59 Å². The molecule has 3 aromatic rings. The van der Waals surface area contributed by atoms with Gasteiger partial charge in [0.05, 0.1) is 17.7 Å². The number of aliphatic hydroxyl groups excluding tert-OH is 1. The van der Waals surface area contributed by atoms with Crippen LogP contribution < -0.4 is 0 Å². The van der Waals surface area contributed by atoms with Gasteiger partial charge in [0.25, 0.3) is 0 Å². The van der Waals surface area contributed by atoms with E-state index in [1.807, 2.05) is 53.6 Å². The van der Waals surface area contributed by atoms with Gasteiger partial charge in [-0.05, 0) is 54.5 Å². The van der Waals surface area contributed by atoms with Crippen molar-refractivity contribution < 1.29 is 19.8 Å². The second kappa shape index (κ2) is 11.2. The Morgan fingerprint density at radius 2 is 1.88 bits per heavy atom. The van der Waals surface area contributed by atoms with E-state index in [9.17, 15) is 14.7 Å². The molecule has 6 heteroatoms. The fourth-order valence-corrected chi connectivity index (χ4v) is 4.67. The van der Waals surface area contributed by atoms with E-state index in [0.717, 1.165) is 42.5 Å². The average Bonchev–Trinajstić information content (AvgIpc) is 3.43. The van der Waals surface area contributed by atoms with Gasteiger partial charge in [0.1, 0.15) is 0 Å². The minimum atomic E-state index is -0.759. The normalized spacial score (nSPS) is 17.1. The monoisotopic (exact) mass is 460 g/mol. The van der Waals surface area contributed by atoms with Gasteiger partial charge in [0.15, 0.2) is 0 Å². The number of fused-ring (bicyclic) bond motifs is 1. The smallest absolute Gasteiger partial charge is 0.303 e. The summed E-state index contributed by atoms with van der Waals surface area (Å²) in [4.78, 5) is 24.8. The Balaban J connectivity index is 1.37. The number of nitrogens with zero attached hydrogens (tertiary/aromatic N) is 2. The number of unbranched alkanes of at least 4 members (excludes halogenated alkanes) is 3. The summed E-state index contributed by atoms with van der Waals surface area (Å²) >= 11 is 0. The van der Waals surface area contributed by atoms with E-state index < -0.39 is 12.1 Å². The van der Waals surface area contributed by atoms with Gasteiger partial charge in [-0.2, -0.15) is 0 Å². The van der Waals surface area contributed by atoms with E-state index in [-0.39, 0.29) is 18.4 Å². The summed E-state index contributed by atoms with van der Waals surface area (Å²) in [6, 6.07) is 18.2. The highest BCUT2D eigenvalue weighted by Crippen LogP contribution is 2.25. The summed E-state index contributed by atoms with van der Waals surface area (Å²) in [5.74, 6) is -0.609. The summed E-state index contributed by atoms with van der Waals surface area (Å²) in [7, 11) is 0. The highest BCUT2D eigenvalue weighted by Gasteiger charge is 2.28. The van der Waals surface area contributed by atoms with Crippen LogP contribution in [0.5, 0.6) is 0 Å². The third-order valence-corrected chi connectivity index (χ3v) is 6.52. The van der Waals surface area contributed by atoms with Crippen molar-refractivity contribution >= 4 is 22.8 Å². The Bertz CT molecular complexity index is 1170. The number of likely N-dealkylation sites (tertiary alicyclic amines) is 1. The Kier molecular flexibility index (Phi) is 7.80. The summed E-state index contributed by atoms with van der Waals surface area (Å²) in [5, 5.41) is 20.7. The average molecular weight is 461 g/mol. The van der Waals surface area contributed by atoms with Gasteiger partial charge in [-0.25, -0.2) is 0 Å². The maximum absolute atomic E-state index is 12.3. The molecule has 34 heavy (non-hydrogen) atoms. The molecule has 1 aliphatic rings. The van der Waals surface area contributed by atoms with E-state index >= 15 is 0 Å². The molecule has 1 unspecified atom stereocenters. The highest BCUT2D eigenvalue weighted by atomic mass is 16.4. The van der Waals surface area contributed by atoms with E-state index in [0.29, 0.717) is 19.4 Å². The molecule has 1 amide bonds. The first kappa shape index (κ1) is 23.8. The standard InChI is InChI=1S/C28H32N2O4/c31-26(15-13-23-14-16-27(32)30(23)18-6-2-1-3-12-28(33)34)22-9-7-10-24(20-22)29-19-17-21-8-4-5-11-25(21)29/h4-5,7-11,13,15,17,19-20,23,26,31H,1-3,6,12,14,16,18H2,(H,33,34)/b15-13+/t23-,26?/m0/s1. The lowest BCUT2D eigenvalue weighted by Crippen LogP contribution is -2.32. The van der Waals surface area contributed by atoms with Crippen LogP contribution in [0.2, 0.25) is 0 Å². The first-order chi connectivity index (χ1) is 16.5. The van der Waals surface area contributed by atoms with Crippen LogP contribution in [0.15, 0.2) is 72.9 Å². The predicted molar refractivity (Wildman–Crippen MR) is 133 cm³/mol. The summed E-state index contributed by atoms with van der Waals surface area (Å²) in [5.41, 5.74) is 2.92. The van der Waals surface area contributed by atoms with Crippen LogP contribution in [0.4, 0.5) is 0 Å². The molecule has 4 rings (SSSR count). The van der Waals surface area contributed by atoms with E-state index in [2.05, 4.69) is 22.8 Å². The number of carboxylic acids is 1. The van der Waals surface area contributed by atoms with E-state index in [1.54, 1.807) is 6.08 Å². The van der Waals surface area contributed by atoms with Gasteiger partial charge >= 0.3 is 5.97 Å². The topological polar surface area (TPSA) is 82.8 Å². The largest absolute Gasteiger partial charge is 0.481 e. The molecule has 0 saturated carbocycles. The van der Waals surface area contributed by atoms with Crippen LogP contribution in [0.1, 0.15) is 56.6 Å². The minimum absolute atomic E-state index is 0.00209. The lowest BCUT2D eigenvalue weighted by molar-refractivity contribution is -0.137. The van der Waals surface area contributed by atoms with Gasteiger partial charge < -0.3 is 19.7 Å². The Morgan fingerprint density at radius 3 is 2.74 bits per heavy atom. The molecule has 0 bridgehead atoms. The molecule has 1 aliphatic heterocycles. The molecule has 2 N–H and O–H groups in total. The Labute approximate surface area is 200 Å². The number of rotatable bonds is 11. The molecule has 178 valence electrons. The number of para-hydroxylation sites is 1. The van der Waals surface area contributed by atoms with Crippen LogP contribution >= 0.6 is 0 Å². The maximum Gasteiger partial charge on any atom is 0.303 e. The molecule has 1 aromatic heterocycles. The highest BCUT2D eigenvalue weighted by molar-refractivity contribution is 5.82. The number of aliphatic carboxylic acids is 1. The summed E-state index contributed by atoms with van der Waals surface area (Å²) < 4.78 is 2.11. The number of hydrogen-bond donors (Lipinski definition) is 2. The number of aliphatic hydroxyl groups is 1. The molecular weight excluding hydrogens is 428 g/mol. The lowest BCUT2D eigenvalue weighted by Gasteiger charge is -2.22. The minimum Gasteiger partial charge on any atom is -0.481 e. The van der Waals surface area contributed by atoms with Gasteiger partial charge in [0, 0.05) is 31.3 Å². The number of carboxylic acid groups (broad SMARTS) is 1. The van der Waals surface area contributed by atoms with Crippen molar-refractivity contribution in [3.05, 3.63) is 78.5 Å². The first-order valence-corrected chi connectivity index (χ1v) is 12.1. The van der Waals surface area contributed by atoms with Crippen LogP contribution in [0.3, 0.4) is 0 Å². The number of carbonyl (C=O) groups excluding carboxylic acids is 1. The van der Waals surface area contributed by atoms with E-state index in [1.165, 1.54) is 5.39 Å². The zero-order valence-electron chi connectivity index (χ0n) is 19.3. The molecule has 2 heterocycles. The fourth-order valence-electron chi connectivity index (χ4n) is 4.67. The summed E-state index contributed by atoms with van der Waals surface area (Å²) in [6.07, 6.45) is 9.84. The molecule has 1 saturated heterocycles. The van der Waals surface area contributed by atoms with Crippen molar-refractivity contribution in [1.29, 1.82) is 0 Å². The second-order valence-electron chi connectivity index (χ2n) is 8.92. The molecule has 0 aliphatic carbocycles. The molecule has 0 spiro atoms. The van der Waals surface area contributed by atoms with Gasteiger partial charge in [-0.1, -0.05) is 55.3 Å². The molecule has 0 radical (unpaired) electrons. The van der Waals surface area contributed by atoms with Gasteiger partial charge in [0.2, 0.25) is 5.91 Å². The molecule has 1 fully saturated rings. The third-order valence-electron chi connectivity index (χ3n) is 6.52.